The molecule has 17 heavy (non-hydrogen) atoms. The van der Waals surface area contributed by atoms with Crippen molar-refractivity contribution in [2.24, 2.45) is 0 Å². The number of pyridine rings is 1. The van der Waals surface area contributed by atoms with Crippen molar-refractivity contribution >= 4 is 33.4 Å². The van der Waals surface area contributed by atoms with Crippen LogP contribution in [0.1, 0.15) is 10.5 Å². The van der Waals surface area contributed by atoms with Crippen LogP contribution in [0.15, 0.2) is 36.0 Å². The molecule has 5 nitrogen and oxygen atoms in total. The highest BCUT2D eigenvalue weighted by Crippen LogP contribution is 2.15. The Labute approximate surface area is 101 Å². The molecule has 3 heterocycles. The second-order valence-corrected chi connectivity index (χ2v) is 4.31. The number of anilines is 1. The molecule has 2 N–H and O–H groups in total. The van der Waals surface area contributed by atoms with E-state index in [1.807, 2.05) is 17.5 Å². The van der Waals surface area contributed by atoms with Crippen molar-refractivity contribution in [2.75, 3.05) is 5.32 Å². The molecule has 3 aromatic rings. The Morgan fingerprint density at radius 3 is 3.06 bits per heavy atom. The molecular formula is C11H8N4OS. The molecular weight excluding hydrogens is 236 g/mol. The maximum Gasteiger partial charge on any atom is 0.273 e. The summed E-state index contributed by atoms with van der Waals surface area (Å²) in [7, 11) is 0. The van der Waals surface area contributed by atoms with E-state index >= 15 is 0 Å². The molecule has 3 aromatic heterocycles. The zero-order valence-corrected chi connectivity index (χ0v) is 9.49. The molecule has 0 aliphatic rings. The summed E-state index contributed by atoms with van der Waals surface area (Å²) in [6.45, 7) is 0. The Morgan fingerprint density at radius 2 is 2.29 bits per heavy atom. The first-order chi connectivity index (χ1) is 8.33. The first-order valence-electron chi connectivity index (χ1n) is 4.97. The zero-order valence-electron chi connectivity index (χ0n) is 8.68. The monoisotopic (exact) mass is 244 g/mol. The zero-order chi connectivity index (χ0) is 11.7. The van der Waals surface area contributed by atoms with Gasteiger partial charge in [-0.05, 0) is 18.2 Å². The normalized spacial score (nSPS) is 10.6. The van der Waals surface area contributed by atoms with E-state index in [2.05, 4.69) is 20.3 Å². The minimum Gasteiger partial charge on any atom is -0.349 e. The van der Waals surface area contributed by atoms with Crippen LogP contribution >= 0.6 is 11.3 Å². The largest absolute Gasteiger partial charge is 0.349 e. The van der Waals surface area contributed by atoms with E-state index in [1.54, 1.807) is 18.5 Å². The van der Waals surface area contributed by atoms with Gasteiger partial charge < -0.3 is 4.98 Å². The van der Waals surface area contributed by atoms with Crippen molar-refractivity contribution in [3.05, 3.63) is 41.7 Å². The molecule has 0 radical (unpaired) electrons. The second-order valence-electron chi connectivity index (χ2n) is 3.41. The van der Waals surface area contributed by atoms with Crippen molar-refractivity contribution in [3.8, 4) is 0 Å². The molecule has 0 unspecified atom stereocenters. The molecule has 0 aliphatic heterocycles. The summed E-state index contributed by atoms with van der Waals surface area (Å²) < 4.78 is 0. The van der Waals surface area contributed by atoms with Crippen molar-refractivity contribution < 1.29 is 4.79 Å². The number of aromatic amines is 1. The van der Waals surface area contributed by atoms with Crippen molar-refractivity contribution in [3.63, 3.8) is 0 Å². The van der Waals surface area contributed by atoms with Gasteiger partial charge in [0.1, 0.15) is 5.69 Å². The fourth-order valence-electron chi connectivity index (χ4n) is 1.53. The topological polar surface area (TPSA) is 70.7 Å². The number of nitrogens with one attached hydrogen (secondary N) is 2. The quantitative estimate of drug-likeness (QED) is 0.726. The van der Waals surface area contributed by atoms with Crippen LogP contribution in [0, 0.1) is 0 Å². The van der Waals surface area contributed by atoms with Crippen LogP contribution in [0.25, 0.3) is 11.0 Å². The van der Waals surface area contributed by atoms with Crippen LogP contribution in [0.4, 0.5) is 5.13 Å². The number of hydrogen-bond acceptors (Lipinski definition) is 4. The third-order valence-corrected chi connectivity index (χ3v) is 2.97. The SMILES string of the molecule is O=C(Nc1nccs1)c1cc2ncccc2[nH]1. The number of rotatable bonds is 2. The van der Waals surface area contributed by atoms with E-state index in [1.165, 1.54) is 11.3 Å². The van der Waals surface area contributed by atoms with Gasteiger partial charge in [-0.3, -0.25) is 15.1 Å². The van der Waals surface area contributed by atoms with E-state index in [-0.39, 0.29) is 5.91 Å². The van der Waals surface area contributed by atoms with Crippen LogP contribution in [-0.4, -0.2) is 20.9 Å². The predicted molar refractivity (Wildman–Crippen MR) is 66.2 cm³/mol. The molecule has 84 valence electrons. The number of thiazole rings is 1. The fraction of sp³-hybridized carbons (Fsp3) is 0. The lowest BCUT2D eigenvalue weighted by Crippen LogP contribution is -2.11. The lowest BCUT2D eigenvalue weighted by Gasteiger charge is -1.97. The number of nitrogens with zero attached hydrogens (tertiary/aromatic N) is 2. The predicted octanol–water partition coefficient (Wildman–Crippen LogP) is 2.27. The van der Waals surface area contributed by atoms with E-state index < -0.39 is 0 Å². The number of aromatic nitrogens is 3. The third kappa shape index (κ3) is 1.90. The lowest BCUT2D eigenvalue weighted by molar-refractivity contribution is 0.102. The molecule has 0 saturated carbocycles. The maximum absolute atomic E-state index is 11.9. The van der Waals surface area contributed by atoms with Gasteiger partial charge in [0.25, 0.3) is 5.91 Å². The van der Waals surface area contributed by atoms with Crippen LogP contribution < -0.4 is 5.32 Å². The molecule has 0 fully saturated rings. The Bertz CT molecular complexity index is 626. The standard InChI is InChI=1S/C11H8N4OS/c16-10(15-11-13-4-5-17-11)9-6-8-7(14-9)2-1-3-12-8/h1-6,14H,(H,13,15,16). The lowest BCUT2D eigenvalue weighted by atomic mass is 10.3. The molecule has 6 heteroatoms. The van der Waals surface area contributed by atoms with Crippen LogP contribution in [0.3, 0.4) is 0 Å². The Hall–Kier alpha value is -2.21. The number of carbonyl (C=O) groups is 1. The molecule has 0 spiro atoms. The smallest absolute Gasteiger partial charge is 0.273 e. The second kappa shape index (κ2) is 3.99. The Balaban J connectivity index is 1.90. The van der Waals surface area contributed by atoms with Gasteiger partial charge in [-0.25, -0.2) is 4.98 Å². The highest BCUT2D eigenvalue weighted by Gasteiger charge is 2.10. The van der Waals surface area contributed by atoms with Gasteiger partial charge in [0.15, 0.2) is 5.13 Å². The van der Waals surface area contributed by atoms with Gasteiger partial charge in [0, 0.05) is 17.8 Å². The molecule has 0 bridgehead atoms. The van der Waals surface area contributed by atoms with Gasteiger partial charge in [-0.1, -0.05) is 0 Å². The highest BCUT2D eigenvalue weighted by molar-refractivity contribution is 7.13. The van der Waals surface area contributed by atoms with Gasteiger partial charge in [-0.2, -0.15) is 0 Å². The van der Waals surface area contributed by atoms with Gasteiger partial charge in [0.2, 0.25) is 0 Å². The molecule has 0 aromatic carbocycles. The molecule has 3 rings (SSSR count). The summed E-state index contributed by atoms with van der Waals surface area (Å²) in [5, 5.41) is 5.10. The summed E-state index contributed by atoms with van der Waals surface area (Å²) in [6, 6.07) is 5.42. The van der Waals surface area contributed by atoms with E-state index in [9.17, 15) is 4.79 Å². The average molecular weight is 244 g/mol. The van der Waals surface area contributed by atoms with Crippen molar-refractivity contribution in [2.45, 2.75) is 0 Å². The molecule has 1 amide bonds. The minimum absolute atomic E-state index is 0.210. The third-order valence-electron chi connectivity index (χ3n) is 2.29. The summed E-state index contributed by atoms with van der Waals surface area (Å²) in [5.74, 6) is -0.210. The van der Waals surface area contributed by atoms with E-state index in [0.29, 0.717) is 10.8 Å². The summed E-state index contributed by atoms with van der Waals surface area (Å²) in [6.07, 6.45) is 3.34. The van der Waals surface area contributed by atoms with Crippen LogP contribution in [0.5, 0.6) is 0 Å². The first-order valence-corrected chi connectivity index (χ1v) is 5.85. The fourth-order valence-corrected chi connectivity index (χ4v) is 2.05. The summed E-state index contributed by atoms with van der Waals surface area (Å²) in [4.78, 5) is 23.0. The number of fused-ring (bicyclic) bond motifs is 1. The summed E-state index contributed by atoms with van der Waals surface area (Å²) in [5.41, 5.74) is 2.10. The molecule has 0 saturated heterocycles. The van der Waals surface area contributed by atoms with Gasteiger partial charge in [-0.15, -0.1) is 11.3 Å². The van der Waals surface area contributed by atoms with Gasteiger partial charge >= 0.3 is 0 Å². The Kier molecular flexibility index (Phi) is 2.34. The average Bonchev–Trinajstić information content (AvgIpc) is 2.96. The van der Waals surface area contributed by atoms with Crippen molar-refractivity contribution in [1.29, 1.82) is 0 Å². The molecule has 0 aliphatic carbocycles. The number of H-pyrrole nitrogens is 1. The Morgan fingerprint density at radius 1 is 1.35 bits per heavy atom. The molecule has 0 atom stereocenters. The summed E-state index contributed by atoms with van der Waals surface area (Å²) >= 11 is 1.38. The van der Waals surface area contributed by atoms with Crippen LogP contribution in [0.2, 0.25) is 0 Å². The van der Waals surface area contributed by atoms with Crippen LogP contribution in [-0.2, 0) is 0 Å². The van der Waals surface area contributed by atoms with E-state index in [4.69, 9.17) is 0 Å². The van der Waals surface area contributed by atoms with E-state index in [0.717, 1.165) is 11.0 Å². The highest BCUT2D eigenvalue weighted by atomic mass is 32.1. The number of carbonyl (C=O) groups excluding carboxylic acids is 1. The van der Waals surface area contributed by atoms with Gasteiger partial charge in [0.05, 0.1) is 11.0 Å². The number of amides is 1. The minimum atomic E-state index is -0.210. The first kappa shape index (κ1) is 9.98. The maximum atomic E-state index is 11.9. The number of hydrogen-bond donors (Lipinski definition) is 2. The van der Waals surface area contributed by atoms with Crippen molar-refractivity contribution in [1.82, 2.24) is 15.0 Å².